The lowest BCUT2D eigenvalue weighted by molar-refractivity contribution is 0.0484. The fraction of sp³-hybridized carbons (Fsp3) is 0.938. The van der Waals surface area contributed by atoms with Gasteiger partial charge in [-0.1, -0.05) is 0 Å². The Bertz CT molecular complexity index is 326. The number of carbonyl (C=O) groups excluding carboxylic acids is 1. The Hall–Kier alpha value is -0.460. The molecule has 0 saturated carbocycles. The van der Waals surface area contributed by atoms with E-state index in [4.69, 9.17) is 10.5 Å². The molecule has 3 N–H and O–H groups in total. The number of carbonyl (C=O) groups is 1. The molecule has 1 amide bonds. The molecule has 0 aliphatic carbocycles. The Labute approximate surface area is 139 Å². The van der Waals surface area contributed by atoms with Crippen LogP contribution in [0.2, 0.25) is 0 Å². The maximum absolute atomic E-state index is 12.0. The van der Waals surface area contributed by atoms with Crippen LogP contribution in [0.25, 0.3) is 0 Å². The van der Waals surface area contributed by atoms with Crippen LogP contribution in [0.15, 0.2) is 0 Å². The van der Waals surface area contributed by atoms with Crippen LogP contribution in [0.5, 0.6) is 0 Å². The van der Waals surface area contributed by atoms with Gasteiger partial charge in [-0.3, -0.25) is 0 Å². The van der Waals surface area contributed by atoms with Crippen LogP contribution < -0.4 is 11.1 Å². The number of nitrogens with two attached hydrogens (primary N) is 1. The molecule has 0 aromatic carbocycles. The number of nitrogens with zero attached hydrogens (tertiary/aromatic N) is 1. The van der Waals surface area contributed by atoms with Crippen LogP contribution in [0.4, 0.5) is 4.79 Å². The first kappa shape index (κ1) is 19.6. The van der Waals surface area contributed by atoms with Gasteiger partial charge in [-0.05, 0) is 77.6 Å². The summed E-state index contributed by atoms with van der Waals surface area (Å²) in [7, 11) is 0. The second kappa shape index (κ2) is 9.63. The molecular formula is C16H33N3O2S. The van der Waals surface area contributed by atoms with E-state index in [2.05, 4.69) is 16.5 Å². The molecule has 22 heavy (non-hydrogen) atoms. The summed E-state index contributed by atoms with van der Waals surface area (Å²) in [5, 5.41) is 3.04. The highest BCUT2D eigenvalue weighted by atomic mass is 32.2. The van der Waals surface area contributed by atoms with Crippen molar-refractivity contribution in [2.24, 2.45) is 11.7 Å². The van der Waals surface area contributed by atoms with Gasteiger partial charge in [0.15, 0.2) is 0 Å². The van der Waals surface area contributed by atoms with Crippen molar-refractivity contribution in [3.63, 3.8) is 0 Å². The highest BCUT2D eigenvalue weighted by Crippen LogP contribution is 2.17. The maximum Gasteiger partial charge on any atom is 0.407 e. The summed E-state index contributed by atoms with van der Waals surface area (Å²) in [5.41, 5.74) is 5.29. The molecule has 0 aromatic heterocycles. The Balaban J connectivity index is 2.45. The number of thioether (sulfide) groups is 1. The van der Waals surface area contributed by atoms with Gasteiger partial charge in [0.1, 0.15) is 5.60 Å². The maximum atomic E-state index is 12.0. The molecule has 1 atom stereocenters. The van der Waals surface area contributed by atoms with E-state index in [1.54, 1.807) is 0 Å². The average Bonchev–Trinajstić information content (AvgIpc) is 2.43. The Kier molecular flexibility index (Phi) is 8.57. The van der Waals surface area contributed by atoms with E-state index >= 15 is 0 Å². The molecule has 0 bridgehead atoms. The summed E-state index contributed by atoms with van der Waals surface area (Å²) < 4.78 is 5.38. The van der Waals surface area contributed by atoms with E-state index < -0.39 is 5.60 Å². The molecule has 130 valence electrons. The molecule has 0 aromatic rings. The van der Waals surface area contributed by atoms with Gasteiger partial charge >= 0.3 is 6.09 Å². The predicted octanol–water partition coefficient (Wildman–Crippen LogP) is 2.30. The van der Waals surface area contributed by atoms with Crippen LogP contribution in [0, 0.1) is 5.92 Å². The number of alkyl carbamates (subject to hydrolysis) is 1. The molecule has 1 saturated heterocycles. The summed E-state index contributed by atoms with van der Waals surface area (Å²) in [6, 6.07) is 0.150. The number of piperidine rings is 1. The SMILES string of the molecule is CSCC[C@@H](CN1CCC(CN)CC1)NC(=O)OC(C)(C)C. The van der Waals surface area contributed by atoms with Crippen LogP contribution in [-0.2, 0) is 4.74 Å². The number of likely N-dealkylation sites (tertiary alicyclic amines) is 1. The van der Waals surface area contributed by atoms with Crippen LogP contribution in [0.3, 0.4) is 0 Å². The molecular weight excluding hydrogens is 298 g/mol. The smallest absolute Gasteiger partial charge is 0.407 e. The number of rotatable bonds is 7. The molecule has 1 rings (SSSR count). The monoisotopic (exact) mass is 331 g/mol. The van der Waals surface area contributed by atoms with Gasteiger partial charge in [-0.15, -0.1) is 0 Å². The average molecular weight is 332 g/mol. The van der Waals surface area contributed by atoms with Crippen molar-refractivity contribution in [3.05, 3.63) is 0 Å². The van der Waals surface area contributed by atoms with E-state index in [9.17, 15) is 4.79 Å². The summed E-state index contributed by atoms with van der Waals surface area (Å²) in [4.78, 5) is 14.4. The third-order valence-corrected chi connectivity index (χ3v) is 4.55. The minimum absolute atomic E-state index is 0.150. The number of amides is 1. The van der Waals surface area contributed by atoms with Gasteiger partial charge < -0.3 is 20.7 Å². The van der Waals surface area contributed by atoms with Crippen molar-refractivity contribution in [1.29, 1.82) is 0 Å². The van der Waals surface area contributed by atoms with Gasteiger partial charge in [0.2, 0.25) is 0 Å². The fourth-order valence-corrected chi connectivity index (χ4v) is 3.18. The Morgan fingerprint density at radius 3 is 2.55 bits per heavy atom. The van der Waals surface area contributed by atoms with Crippen molar-refractivity contribution in [2.45, 2.75) is 51.7 Å². The number of hydrogen-bond donors (Lipinski definition) is 2. The molecule has 1 aliphatic heterocycles. The highest BCUT2D eigenvalue weighted by molar-refractivity contribution is 7.98. The predicted molar refractivity (Wildman–Crippen MR) is 94.4 cm³/mol. The summed E-state index contributed by atoms with van der Waals surface area (Å²) in [6.07, 6.45) is 5.08. The Morgan fingerprint density at radius 2 is 2.05 bits per heavy atom. The zero-order chi connectivity index (χ0) is 16.6. The van der Waals surface area contributed by atoms with Crippen molar-refractivity contribution in [3.8, 4) is 0 Å². The lowest BCUT2D eigenvalue weighted by atomic mass is 9.97. The molecule has 1 fully saturated rings. The summed E-state index contributed by atoms with van der Waals surface area (Å²) in [6.45, 7) is 9.52. The highest BCUT2D eigenvalue weighted by Gasteiger charge is 2.23. The van der Waals surface area contributed by atoms with E-state index in [1.165, 1.54) is 0 Å². The van der Waals surface area contributed by atoms with Gasteiger partial charge in [-0.25, -0.2) is 4.79 Å². The molecule has 0 spiro atoms. The third-order valence-electron chi connectivity index (χ3n) is 3.91. The van der Waals surface area contributed by atoms with E-state index in [1.807, 2.05) is 32.5 Å². The van der Waals surface area contributed by atoms with Crippen LogP contribution >= 0.6 is 11.8 Å². The van der Waals surface area contributed by atoms with E-state index in [0.29, 0.717) is 5.92 Å². The zero-order valence-corrected chi connectivity index (χ0v) is 15.4. The zero-order valence-electron chi connectivity index (χ0n) is 14.6. The number of hydrogen-bond acceptors (Lipinski definition) is 5. The minimum Gasteiger partial charge on any atom is -0.444 e. The summed E-state index contributed by atoms with van der Waals surface area (Å²) in [5.74, 6) is 1.71. The van der Waals surface area contributed by atoms with Crippen LogP contribution in [-0.4, -0.2) is 60.8 Å². The number of nitrogens with one attached hydrogen (secondary N) is 1. The largest absolute Gasteiger partial charge is 0.444 e. The van der Waals surface area contributed by atoms with Gasteiger partial charge in [-0.2, -0.15) is 11.8 Å². The third kappa shape index (κ3) is 8.25. The fourth-order valence-electron chi connectivity index (χ4n) is 2.66. The van der Waals surface area contributed by atoms with Crippen molar-refractivity contribution in [1.82, 2.24) is 10.2 Å². The lowest BCUT2D eigenvalue weighted by Crippen LogP contribution is -2.48. The van der Waals surface area contributed by atoms with Gasteiger partial charge in [0, 0.05) is 12.6 Å². The first-order chi connectivity index (χ1) is 10.3. The quantitative estimate of drug-likeness (QED) is 0.749. The first-order valence-corrected chi connectivity index (χ1v) is 9.64. The van der Waals surface area contributed by atoms with Gasteiger partial charge in [0.05, 0.1) is 0 Å². The molecule has 0 radical (unpaired) electrons. The van der Waals surface area contributed by atoms with Gasteiger partial charge in [0.25, 0.3) is 0 Å². The van der Waals surface area contributed by atoms with Crippen LogP contribution in [0.1, 0.15) is 40.0 Å². The minimum atomic E-state index is -0.451. The normalized spacial score (nSPS) is 19.0. The molecule has 1 heterocycles. The molecule has 1 aliphatic rings. The summed E-state index contributed by atoms with van der Waals surface area (Å²) >= 11 is 1.81. The lowest BCUT2D eigenvalue weighted by Gasteiger charge is -2.34. The molecule has 0 unspecified atom stereocenters. The van der Waals surface area contributed by atoms with Crippen molar-refractivity contribution >= 4 is 17.9 Å². The second-order valence-electron chi connectivity index (χ2n) is 7.10. The number of ether oxygens (including phenoxy) is 1. The molecule has 5 nitrogen and oxygen atoms in total. The van der Waals surface area contributed by atoms with Crippen molar-refractivity contribution < 1.29 is 9.53 Å². The Morgan fingerprint density at radius 1 is 1.41 bits per heavy atom. The van der Waals surface area contributed by atoms with E-state index in [-0.39, 0.29) is 12.1 Å². The molecule has 6 heteroatoms. The van der Waals surface area contributed by atoms with E-state index in [0.717, 1.165) is 51.2 Å². The standard InChI is InChI=1S/C16H33N3O2S/c1-16(2,3)21-15(20)18-14(7-10-22-4)12-19-8-5-13(11-17)6-9-19/h13-14H,5-12,17H2,1-4H3,(H,18,20)/t14-/m0/s1. The van der Waals surface area contributed by atoms with Crippen molar-refractivity contribution in [2.75, 3.05) is 38.2 Å². The second-order valence-corrected chi connectivity index (χ2v) is 8.09. The topological polar surface area (TPSA) is 67.6 Å². The first-order valence-electron chi connectivity index (χ1n) is 8.25.